The van der Waals surface area contributed by atoms with E-state index in [1.807, 2.05) is 6.92 Å². The van der Waals surface area contributed by atoms with Crippen molar-refractivity contribution in [2.24, 2.45) is 0 Å². The topological polar surface area (TPSA) is 41.1 Å². The maximum atomic E-state index is 4.46. The Labute approximate surface area is 103 Å². The maximum absolute atomic E-state index is 4.46. The van der Waals surface area contributed by atoms with Gasteiger partial charge < -0.3 is 10.2 Å². The van der Waals surface area contributed by atoms with Gasteiger partial charge in [-0.15, -0.1) is 0 Å². The van der Waals surface area contributed by atoms with Gasteiger partial charge in [-0.2, -0.15) is 0 Å². The van der Waals surface area contributed by atoms with Crippen LogP contribution in [-0.4, -0.2) is 47.6 Å². The van der Waals surface area contributed by atoms with Crippen LogP contribution in [0.1, 0.15) is 22.8 Å². The van der Waals surface area contributed by atoms with Crippen LogP contribution in [-0.2, 0) is 6.42 Å². The van der Waals surface area contributed by atoms with E-state index in [2.05, 4.69) is 34.0 Å². The highest BCUT2D eigenvalue weighted by molar-refractivity contribution is 5.24. The monoisotopic (exact) mass is 234 g/mol. The summed E-state index contributed by atoms with van der Waals surface area (Å²) in [5.74, 6) is 0.880. The molecule has 0 aliphatic carbocycles. The van der Waals surface area contributed by atoms with Crippen molar-refractivity contribution in [3.05, 3.63) is 22.8 Å². The lowest BCUT2D eigenvalue weighted by atomic mass is 10.1. The molecule has 1 N–H and O–H groups in total. The third-order valence-electron chi connectivity index (χ3n) is 3.42. The molecule has 0 atom stereocenters. The second-order valence-electron chi connectivity index (χ2n) is 4.76. The fraction of sp³-hybridized carbons (Fsp3) is 0.692. The van der Waals surface area contributed by atoms with Crippen molar-refractivity contribution >= 4 is 0 Å². The summed E-state index contributed by atoms with van der Waals surface area (Å²) in [5, 5.41) is 3.38. The predicted molar refractivity (Wildman–Crippen MR) is 69.3 cm³/mol. The molecule has 0 amide bonds. The molecule has 0 radical (unpaired) electrons. The van der Waals surface area contributed by atoms with Gasteiger partial charge in [-0.1, -0.05) is 0 Å². The minimum absolute atomic E-state index is 0.880. The van der Waals surface area contributed by atoms with E-state index in [1.54, 1.807) is 0 Å². The van der Waals surface area contributed by atoms with Gasteiger partial charge >= 0.3 is 0 Å². The first-order valence-corrected chi connectivity index (χ1v) is 6.40. The highest BCUT2D eigenvalue weighted by atomic mass is 15.2. The lowest BCUT2D eigenvalue weighted by Crippen LogP contribution is -2.44. The van der Waals surface area contributed by atoms with Crippen LogP contribution in [0.5, 0.6) is 0 Å². The first kappa shape index (κ1) is 12.5. The zero-order chi connectivity index (χ0) is 12.3. The van der Waals surface area contributed by atoms with Crippen molar-refractivity contribution in [2.45, 2.75) is 27.2 Å². The number of hydrogen-bond acceptors (Lipinski definition) is 4. The van der Waals surface area contributed by atoms with E-state index in [0.717, 1.165) is 56.4 Å². The Hall–Kier alpha value is -1.00. The van der Waals surface area contributed by atoms with E-state index in [-0.39, 0.29) is 0 Å². The van der Waals surface area contributed by atoms with Crippen molar-refractivity contribution in [1.29, 1.82) is 0 Å². The molecule has 1 aliphatic rings. The van der Waals surface area contributed by atoms with Gasteiger partial charge in [-0.05, 0) is 32.8 Å². The zero-order valence-electron chi connectivity index (χ0n) is 11.1. The molecule has 0 spiro atoms. The number of nitrogens with one attached hydrogen (secondary N) is 1. The van der Waals surface area contributed by atoms with Crippen LogP contribution in [0.2, 0.25) is 0 Å². The van der Waals surface area contributed by atoms with Gasteiger partial charge in [0.05, 0.1) is 0 Å². The highest BCUT2D eigenvalue weighted by Crippen LogP contribution is 2.11. The van der Waals surface area contributed by atoms with Crippen LogP contribution >= 0.6 is 0 Å². The minimum atomic E-state index is 0.880. The molecule has 0 unspecified atom stereocenters. The quantitative estimate of drug-likeness (QED) is 0.842. The van der Waals surface area contributed by atoms with E-state index >= 15 is 0 Å². The number of piperazine rings is 1. The molecule has 2 heterocycles. The molecule has 1 fully saturated rings. The largest absolute Gasteiger partial charge is 0.314 e. The van der Waals surface area contributed by atoms with E-state index in [4.69, 9.17) is 0 Å². The molecule has 17 heavy (non-hydrogen) atoms. The fourth-order valence-electron chi connectivity index (χ4n) is 2.47. The molecule has 4 heteroatoms. The van der Waals surface area contributed by atoms with E-state index < -0.39 is 0 Å². The molecular weight excluding hydrogens is 212 g/mol. The Morgan fingerprint density at radius 3 is 2.24 bits per heavy atom. The summed E-state index contributed by atoms with van der Waals surface area (Å²) in [4.78, 5) is 11.4. The summed E-state index contributed by atoms with van der Waals surface area (Å²) in [6.45, 7) is 11.8. The molecule has 0 saturated carbocycles. The van der Waals surface area contributed by atoms with Crippen LogP contribution < -0.4 is 5.32 Å². The third kappa shape index (κ3) is 3.23. The zero-order valence-corrected chi connectivity index (χ0v) is 11.1. The van der Waals surface area contributed by atoms with Crippen molar-refractivity contribution < 1.29 is 0 Å². The maximum Gasteiger partial charge on any atom is 0.125 e. The van der Waals surface area contributed by atoms with Gasteiger partial charge in [0.25, 0.3) is 0 Å². The minimum Gasteiger partial charge on any atom is -0.314 e. The SMILES string of the molecule is Cc1nc(C)c(CCN2CCNCC2)c(C)n1. The first-order chi connectivity index (χ1) is 8.16. The number of aromatic nitrogens is 2. The number of hydrogen-bond donors (Lipinski definition) is 1. The second-order valence-corrected chi connectivity index (χ2v) is 4.76. The highest BCUT2D eigenvalue weighted by Gasteiger charge is 2.12. The first-order valence-electron chi connectivity index (χ1n) is 6.40. The Bertz CT molecular complexity index is 360. The Balaban J connectivity index is 1.98. The normalized spacial score (nSPS) is 17.4. The van der Waals surface area contributed by atoms with Gasteiger partial charge in [-0.25, -0.2) is 9.97 Å². The smallest absolute Gasteiger partial charge is 0.125 e. The van der Waals surface area contributed by atoms with Crippen molar-refractivity contribution in [2.75, 3.05) is 32.7 Å². The Morgan fingerprint density at radius 1 is 1.06 bits per heavy atom. The molecule has 1 aromatic rings. The van der Waals surface area contributed by atoms with Crippen LogP contribution in [0.15, 0.2) is 0 Å². The summed E-state index contributed by atoms with van der Waals surface area (Å²) in [6.07, 6.45) is 1.07. The van der Waals surface area contributed by atoms with Gasteiger partial charge in [-0.3, -0.25) is 0 Å². The van der Waals surface area contributed by atoms with E-state index in [1.165, 1.54) is 5.56 Å². The molecule has 0 aromatic carbocycles. The van der Waals surface area contributed by atoms with Crippen LogP contribution in [0.25, 0.3) is 0 Å². The number of aryl methyl sites for hydroxylation is 3. The standard InChI is InChI=1S/C13H22N4/c1-10-13(11(2)16-12(3)15-10)4-7-17-8-5-14-6-9-17/h14H,4-9H2,1-3H3. The third-order valence-corrected chi connectivity index (χ3v) is 3.42. The second kappa shape index (κ2) is 5.56. The molecule has 1 aromatic heterocycles. The average Bonchev–Trinajstić information content (AvgIpc) is 2.29. The van der Waals surface area contributed by atoms with Crippen molar-refractivity contribution in [3.63, 3.8) is 0 Å². The van der Waals surface area contributed by atoms with Crippen LogP contribution in [0.4, 0.5) is 0 Å². The molecular formula is C13H22N4. The summed E-state index contributed by atoms with van der Waals surface area (Å²) >= 11 is 0. The van der Waals surface area contributed by atoms with E-state index in [9.17, 15) is 0 Å². The molecule has 2 rings (SSSR count). The predicted octanol–water partition coefficient (Wildman–Crippen LogP) is 0.850. The van der Waals surface area contributed by atoms with Crippen molar-refractivity contribution in [1.82, 2.24) is 20.2 Å². The van der Waals surface area contributed by atoms with Gasteiger partial charge in [0.2, 0.25) is 0 Å². The number of rotatable bonds is 3. The van der Waals surface area contributed by atoms with E-state index in [0.29, 0.717) is 0 Å². The Morgan fingerprint density at radius 2 is 1.65 bits per heavy atom. The molecule has 1 saturated heterocycles. The van der Waals surface area contributed by atoms with Gasteiger partial charge in [0.1, 0.15) is 5.82 Å². The lowest BCUT2D eigenvalue weighted by Gasteiger charge is -2.27. The molecule has 94 valence electrons. The van der Waals surface area contributed by atoms with Gasteiger partial charge in [0, 0.05) is 44.1 Å². The van der Waals surface area contributed by atoms with Crippen molar-refractivity contribution in [3.8, 4) is 0 Å². The average molecular weight is 234 g/mol. The van der Waals surface area contributed by atoms with Gasteiger partial charge in [0.15, 0.2) is 0 Å². The number of nitrogens with zero attached hydrogens (tertiary/aromatic N) is 3. The Kier molecular flexibility index (Phi) is 4.07. The summed E-state index contributed by atoms with van der Waals surface area (Å²) in [7, 11) is 0. The van der Waals surface area contributed by atoms with Crippen LogP contribution in [0, 0.1) is 20.8 Å². The summed E-state index contributed by atoms with van der Waals surface area (Å²) < 4.78 is 0. The molecule has 4 nitrogen and oxygen atoms in total. The molecule has 1 aliphatic heterocycles. The summed E-state index contributed by atoms with van der Waals surface area (Å²) in [5.41, 5.74) is 3.62. The molecule has 0 bridgehead atoms. The lowest BCUT2D eigenvalue weighted by molar-refractivity contribution is 0.243. The summed E-state index contributed by atoms with van der Waals surface area (Å²) in [6, 6.07) is 0. The fourth-order valence-corrected chi connectivity index (χ4v) is 2.47. The van der Waals surface area contributed by atoms with Crippen LogP contribution in [0.3, 0.4) is 0 Å².